The smallest absolute Gasteiger partial charge is 0.277 e. The van der Waals surface area contributed by atoms with Crippen molar-refractivity contribution < 1.29 is 4.79 Å². The Labute approximate surface area is 113 Å². The summed E-state index contributed by atoms with van der Waals surface area (Å²) in [4.78, 5) is 23.2. The second-order valence-corrected chi connectivity index (χ2v) is 4.36. The molecule has 100 valence electrons. The van der Waals surface area contributed by atoms with Crippen LogP contribution in [0.15, 0.2) is 41.3 Å². The van der Waals surface area contributed by atoms with E-state index < -0.39 is 11.5 Å². The monoisotopic (exact) mass is 271 g/mol. The van der Waals surface area contributed by atoms with Crippen LogP contribution in [0.2, 0.25) is 0 Å². The molecule has 0 spiro atoms. The molecule has 0 radical (unpaired) electrons. The summed E-state index contributed by atoms with van der Waals surface area (Å²) >= 11 is 0. The highest BCUT2D eigenvalue weighted by atomic mass is 16.2. The van der Waals surface area contributed by atoms with Crippen LogP contribution in [0.3, 0.4) is 0 Å². The van der Waals surface area contributed by atoms with Gasteiger partial charge in [-0.1, -0.05) is 35.5 Å². The lowest BCUT2D eigenvalue weighted by Crippen LogP contribution is -2.16. The van der Waals surface area contributed by atoms with Gasteiger partial charge >= 0.3 is 0 Å². The number of benzene rings is 1. The third kappa shape index (κ3) is 1.95. The van der Waals surface area contributed by atoms with Gasteiger partial charge in [-0.25, -0.2) is 5.10 Å². The molecular formula is C13H11N5O2. The number of aromatic nitrogens is 4. The molecule has 1 aromatic carbocycles. The van der Waals surface area contributed by atoms with Crippen LogP contribution < -0.4 is 11.3 Å². The third-order valence-electron chi connectivity index (χ3n) is 3.03. The van der Waals surface area contributed by atoms with E-state index in [9.17, 15) is 9.59 Å². The SMILES string of the molecule is [15NH2]C(=O)c1cn(Cc2ccccc2)c2nn[15nH]c(=O)c12. The molecule has 7 nitrogen and oxygen atoms in total. The first-order valence-electron chi connectivity index (χ1n) is 5.95. The number of carbonyl (C=O) groups excluding carboxylic acids is 1. The molecule has 20 heavy (non-hydrogen) atoms. The predicted octanol–water partition coefficient (Wildman–Crippen LogP) is 0.267. The second kappa shape index (κ2) is 4.61. The molecule has 1 amide bonds. The number of nitrogens with two attached hydrogens (primary N) is 1. The summed E-state index contributed by atoms with van der Waals surface area (Å²) in [5.74, 6) is -0.666. The van der Waals surface area contributed by atoms with Gasteiger partial charge in [0.25, 0.3) is 11.5 Å². The minimum atomic E-state index is -0.666. The Hall–Kier alpha value is -2.96. The number of H-pyrrole nitrogens is 1. The van der Waals surface area contributed by atoms with Gasteiger partial charge in [0.1, 0.15) is 5.39 Å². The molecule has 0 aliphatic heterocycles. The summed E-state index contributed by atoms with van der Waals surface area (Å²) in [6.07, 6.45) is 1.53. The topological polar surface area (TPSA) is 107 Å². The van der Waals surface area contributed by atoms with Gasteiger partial charge in [0, 0.05) is 12.7 Å². The van der Waals surface area contributed by atoms with Crippen LogP contribution in [0.25, 0.3) is 11.0 Å². The van der Waals surface area contributed by atoms with Crippen molar-refractivity contribution in [3.05, 3.63) is 58.0 Å². The lowest BCUT2D eigenvalue weighted by atomic mass is 10.2. The maximum Gasteiger partial charge on any atom is 0.277 e. The molecule has 0 fully saturated rings. The van der Waals surface area contributed by atoms with E-state index in [0.29, 0.717) is 12.2 Å². The van der Waals surface area contributed by atoms with Gasteiger partial charge in [-0.05, 0) is 5.56 Å². The van der Waals surface area contributed by atoms with Crippen molar-refractivity contribution in [1.29, 1.82) is 0 Å². The maximum absolute atomic E-state index is 11.8. The highest BCUT2D eigenvalue weighted by molar-refractivity contribution is 6.04. The molecule has 0 aliphatic carbocycles. The number of carbonyl (C=O) groups is 1. The van der Waals surface area contributed by atoms with E-state index in [-0.39, 0.29) is 10.9 Å². The van der Waals surface area contributed by atoms with Gasteiger partial charge in [0.2, 0.25) is 0 Å². The first kappa shape index (κ1) is 12.1. The lowest BCUT2D eigenvalue weighted by molar-refractivity contribution is 0.100. The summed E-state index contributed by atoms with van der Waals surface area (Å²) < 4.78 is 1.69. The molecule has 0 aliphatic rings. The van der Waals surface area contributed by atoms with Gasteiger partial charge in [0.15, 0.2) is 5.65 Å². The number of aromatic amines is 1. The van der Waals surface area contributed by atoms with Crippen molar-refractivity contribution in [1.82, 2.24) is 20.0 Å². The predicted molar refractivity (Wildman–Crippen MR) is 72.2 cm³/mol. The summed E-state index contributed by atoms with van der Waals surface area (Å²) in [7, 11) is 0. The quantitative estimate of drug-likeness (QED) is 0.666. The number of rotatable bonds is 3. The van der Waals surface area contributed by atoms with Gasteiger partial charge < -0.3 is 10.3 Å². The third-order valence-corrected chi connectivity index (χ3v) is 3.03. The number of hydrogen-bond acceptors (Lipinski definition) is 4. The molecule has 3 N–H and O–H groups in total. The fourth-order valence-corrected chi connectivity index (χ4v) is 2.14. The minimum Gasteiger partial charge on any atom is -0.366 e. The van der Waals surface area contributed by atoms with Crippen LogP contribution >= 0.6 is 0 Å². The van der Waals surface area contributed by atoms with Crippen LogP contribution in [0.4, 0.5) is 0 Å². The van der Waals surface area contributed by atoms with Gasteiger partial charge in [-0.3, -0.25) is 9.59 Å². The van der Waals surface area contributed by atoms with E-state index in [1.807, 2.05) is 30.3 Å². The number of fused-ring (bicyclic) bond motifs is 1. The maximum atomic E-state index is 11.8. The largest absolute Gasteiger partial charge is 0.366 e. The molecule has 2 aromatic heterocycles. The zero-order valence-corrected chi connectivity index (χ0v) is 10.4. The Kier molecular flexibility index (Phi) is 2.79. The molecule has 3 aromatic rings. The van der Waals surface area contributed by atoms with Gasteiger partial charge in [0.05, 0.1) is 5.56 Å². The zero-order chi connectivity index (χ0) is 14.1. The van der Waals surface area contributed by atoms with Crippen LogP contribution in [-0.2, 0) is 6.54 Å². The first-order valence-corrected chi connectivity index (χ1v) is 5.95. The highest BCUT2D eigenvalue weighted by Gasteiger charge is 2.17. The molecule has 0 unspecified atom stereocenters. The van der Waals surface area contributed by atoms with Crippen molar-refractivity contribution >= 4 is 16.9 Å². The molecule has 2 heterocycles. The van der Waals surface area contributed by atoms with E-state index in [4.69, 9.17) is 5.73 Å². The van der Waals surface area contributed by atoms with E-state index in [2.05, 4.69) is 15.4 Å². The Balaban J connectivity index is 2.19. The van der Waals surface area contributed by atoms with Gasteiger partial charge in [-0.15, -0.1) is 5.10 Å². The lowest BCUT2D eigenvalue weighted by Gasteiger charge is -2.03. The Morgan fingerprint density at radius 1 is 1.30 bits per heavy atom. The summed E-state index contributed by atoms with van der Waals surface area (Å²) in [5.41, 5.74) is 6.33. The fraction of sp³-hybridized carbons (Fsp3) is 0.0769. The van der Waals surface area contributed by atoms with Crippen LogP contribution in [0, 0.1) is 0 Å². The standard InChI is InChI=1S/C13H11N5O2/c14-11(19)9-7-18(6-8-4-2-1-3-5-8)12-10(9)13(20)16-17-15-12/h1-5,7H,6H2,(H2,14,19)(H,15,16,20)/i14+1,16+1. The van der Waals surface area contributed by atoms with Crippen LogP contribution in [-0.4, -0.2) is 25.9 Å². The van der Waals surface area contributed by atoms with Crippen molar-refractivity contribution in [3.8, 4) is 0 Å². The average Bonchev–Trinajstić information content (AvgIpc) is 2.81. The second-order valence-electron chi connectivity index (χ2n) is 4.36. The summed E-state index contributed by atoms with van der Waals surface area (Å²) in [6.45, 7) is 0.475. The number of hydrogen-bond donors (Lipinski definition) is 2. The number of primary amides is 1. The summed E-state index contributed by atoms with van der Waals surface area (Å²) in [5, 5.41) is 9.80. The molecule has 7 heteroatoms. The molecular weight excluding hydrogens is 260 g/mol. The van der Waals surface area contributed by atoms with E-state index >= 15 is 0 Å². The van der Waals surface area contributed by atoms with Crippen molar-refractivity contribution in [3.63, 3.8) is 0 Å². The summed E-state index contributed by atoms with van der Waals surface area (Å²) in [6, 6.07) is 9.62. The van der Waals surface area contributed by atoms with E-state index in [1.165, 1.54) is 6.20 Å². The Morgan fingerprint density at radius 3 is 2.75 bits per heavy atom. The Morgan fingerprint density at radius 2 is 2.05 bits per heavy atom. The van der Waals surface area contributed by atoms with Crippen molar-refractivity contribution in [2.75, 3.05) is 0 Å². The molecule has 0 atom stereocenters. The molecule has 0 saturated heterocycles. The average molecular weight is 271 g/mol. The van der Waals surface area contributed by atoms with Crippen molar-refractivity contribution in [2.24, 2.45) is 5.73 Å². The normalized spacial score (nSPS) is 10.8. The Bertz CT molecular complexity index is 835. The molecule has 3 rings (SSSR count). The van der Waals surface area contributed by atoms with Crippen LogP contribution in [0.1, 0.15) is 15.9 Å². The number of nitrogens with zero attached hydrogens (tertiary/aromatic N) is 3. The highest BCUT2D eigenvalue weighted by Crippen LogP contribution is 2.16. The van der Waals surface area contributed by atoms with E-state index in [0.717, 1.165) is 5.56 Å². The zero-order valence-electron chi connectivity index (χ0n) is 10.4. The molecule has 0 bridgehead atoms. The number of nitrogens with one attached hydrogen (secondary N) is 1. The van der Waals surface area contributed by atoms with E-state index in [1.54, 1.807) is 4.57 Å². The first-order chi connectivity index (χ1) is 9.66. The minimum absolute atomic E-state index is 0.145. The van der Waals surface area contributed by atoms with Crippen LogP contribution in [0.5, 0.6) is 0 Å². The van der Waals surface area contributed by atoms with Gasteiger partial charge in [-0.2, -0.15) is 0 Å². The fourth-order valence-electron chi connectivity index (χ4n) is 2.14. The number of amides is 1. The van der Waals surface area contributed by atoms with Crippen molar-refractivity contribution in [2.45, 2.75) is 6.54 Å². The molecule has 0 saturated carbocycles.